The van der Waals surface area contributed by atoms with Crippen molar-refractivity contribution >= 4 is 34.9 Å². The van der Waals surface area contributed by atoms with Crippen LogP contribution in [0.2, 0.25) is 5.02 Å². The summed E-state index contributed by atoms with van der Waals surface area (Å²) in [4.78, 5) is 10.7. The van der Waals surface area contributed by atoms with Gasteiger partial charge in [0.05, 0.1) is 22.8 Å². The molecule has 0 atom stereocenters. The SMILES string of the molecule is C=C1c2c(Cl)cccc2C=C(CNc2ncncc2C(=N)c2ccccc2)N1C(C)C. The van der Waals surface area contributed by atoms with E-state index in [1.165, 1.54) is 6.33 Å². The molecule has 31 heavy (non-hydrogen) atoms. The highest BCUT2D eigenvalue weighted by molar-refractivity contribution is 6.32. The van der Waals surface area contributed by atoms with E-state index in [4.69, 9.17) is 17.0 Å². The van der Waals surface area contributed by atoms with Gasteiger partial charge >= 0.3 is 0 Å². The van der Waals surface area contributed by atoms with Crippen LogP contribution in [0.25, 0.3) is 11.8 Å². The Balaban J connectivity index is 1.65. The molecule has 0 bridgehead atoms. The molecule has 0 aliphatic carbocycles. The summed E-state index contributed by atoms with van der Waals surface area (Å²) < 4.78 is 0. The van der Waals surface area contributed by atoms with Gasteiger partial charge in [-0.2, -0.15) is 0 Å². The van der Waals surface area contributed by atoms with Crippen molar-refractivity contribution in [3.05, 3.63) is 101 Å². The van der Waals surface area contributed by atoms with Crippen molar-refractivity contribution in [2.24, 2.45) is 0 Å². The Morgan fingerprint density at radius 3 is 2.68 bits per heavy atom. The molecule has 0 amide bonds. The van der Waals surface area contributed by atoms with E-state index in [-0.39, 0.29) is 6.04 Å². The number of halogens is 1. The maximum Gasteiger partial charge on any atom is 0.139 e. The van der Waals surface area contributed by atoms with Crippen LogP contribution in [0.5, 0.6) is 0 Å². The van der Waals surface area contributed by atoms with Gasteiger partial charge in [0.1, 0.15) is 12.1 Å². The van der Waals surface area contributed by atoms with E-state index >= 15 is 0 Å². The molecule has 1 aromatic heterocycles. The van der Waals surface area contributed by atoms with Gasteiger partial charge in [-0.25, -0.2) is 9.97 Å². The number of rotatable bonds is 6. The Kier molecular flexibility index (Phi) is 5.87. The van der Waals surface area contributed by atoms with E-state index < -0.39 is 0 Å². The van der Waals surface area contributed by atoms with Crippen molar-refractivity contribution in [3.63, 3.8) is 0 Å². The number of nitrogens with one attached hydrogen (secondary N) is 2. The van der Waals surface area contributed by atoms with Gasteiger partial charge in [-0.15, -0.1) is 0 Å². The topological polar surface area (TPSA) is 64.9 Å². The average Bonchev–Trinajstić information content (AvgIpc) is 2.77. The Hall–Kier alpha value is -3.44. The van der Waals surface area contributed by atoms with Gasteiger partial charge < -0.3 is 10.2 Å². The summed E-state index contributed by atoms with van der Waals surface area (Å²) in [5, 5.41) is 12.7. The van der Waals surface area contributed by atoms with E-state index in [0.29, 0.717) is 28.7 Å². The summed E-state index contributed by atoms with van der Waals surface area (Å²) in [6.07, 6.45) is 5.30. The van der Waals surface area contributed by atoms with Gasteiger partial charge in [0.2, 0.25) is 0 Å². The molecular formula is C25H24ClN5. The monoisotopic (exact) mass is 429 g/mol. The second kappa shape index (κ2) is 8.74. The average molecular weight is 430 g/mol. The Bertz CT molecular complexity index is 1170. The fourth-order valence-electron chi connectivity index (χ4n) is 3.88. The third kappa shape index (κ3) is 4.09. The van der Waals surface area contributed by atoms with E-state index in [9.17, 15) is 0 Å². The zero-order valence-corrected chi connectivity index (χ0v) is 18.3. The minimum Gasteiger partial charge on any atom is -0.364 e. The predicted octanol–water partition coefficient (Wildman–Crippen LogP) is 5.69. The number of benzene rings is 2. The second-order valence-corrected chi connectivity index (χ2v) is 8.04. The molecule has 3 aromatic rings. The Morgan fingerprint density at radius 1 is 1.16 bits per heavy atom. The lowest BCUT2D eigenvalue weighted by molar-refractivity contribution is 0.403. The molecule has 0 unspecified atom stereocenters. The first kappa shape index (κ1) is 20.8. The number of nitrogens with zero attached hydrogens (tertiary/aromatic N) is 3. The van der Waals surface area contributed by atoms with Crippen molar-refractivity contribution < 1.29 is 0 Å². The third-order valence-electron chi connectivity index (χ3n) is 5.25. The van der Waals surface area contributed by atoms with Gasteiger partial charge in [0.15, 0.2) is 0 Å². The predicted molar refractivity (Wildman–Crippen MR) is 128 cm³/mol. The minimum atomic E-state index is 0.206. The minimum absolute atomic E-state index is 0.206. The standard InChI is InChI=1S/C25H24ClN5/c1-16(2)31-17(3)23-19(10-7-11-22(23)26)12-20(31)13-29-25-21(14-28-15-30-25)24(27)18-8-5-4-6-9-18/h4-12,14-16,27H,3,13H2,1-2H3,(H,28,29,30). The zero-order valence-electron chi connectivity index (χ0n) is 17.6. The van der Waals surface area contributed by atoms with Crippen LogP contribution in [0.1, 0.15) is 36.1 Å². The lowest BCUT2D eigenvalue weighted by Crippen LogP contribution is -2.34. The lowest BCUT2D eigenvalue weighted by atomic mass is 9.97. The highest BCUT2D eigenvalue weighted by Crippen LogP contribution is 2.38. The molecule has 4 rings (SSSR count). The van der Waals surface area contributed by atoms with Gasteiger partial charge in [0, 0.05) is 34.8 Å². The van der Waals surface area contributed by atoms with Crippen LogP contribution < -0.4 is 5.32 Å². The van der Waals surface area contributed by atoms with Gasteiger partial charge in [-0.1, -0.05) is 60.6 Å². The molecule has 1 aliphatic rings. The van der Waals surface area contributed by atoms with Crippen LogP contribution in [0.15, 0.2) is 73.3 Å². The lowest BCUT2D eigenvalue weighted by Gasteiger charge is -2.37. The normalized spacial score (nSPS) is 13.1. The second-order valence-electron chi connectivity index (χ2n) is 7.63. The summed E-state index contributed by atoms with van der Waals surface area (Å²) in [7, 11) is 0. The van der Waals surface area contributed by atoms with Gasteiger partial charge in [0.25, 0.3) is 0 Å². The maximum absolute atomic E-state index is 8.62. The third-order valence-corrected chi connectivity index (χ3v) is 5.57. The van der Waals surface area contributed by atoms with Crippen molar-refractivity contribution in [1.29, 1.82) is 5.41 Å². The first-order valence-electron chi connectivity index (χ1n) is 10.1. The maximum atomic E-state index is 8.62. The molecule has 5 nitrogen and oxygen atoms in total. The van der Waals surface area contributed by atoms with Gasteiger partial charge in [-0.3, -0.25) is 5.41 Å². The molecule has 0 spiro atoms. The van der Waals surface area contributed by atoms with Crippen LogP contribution in [0.4, 0.5) is 5.82 Å². The molecule has 156 valence electrons. The smallest absolute Gasteiger partial charge is 0.139 e. The molecule has 0 saturated heterocycles. The van der Waals surface area contributed by atoms with E-state index in [2.05, 4.69) is 46.7 Å². The summed E-state index contributed by atoms with van der Waals surface area (Å²) in [6.45, 7) is 9.10. The quantitative estimate of drug-likeness (QED) is 0.494. The molecular weight excluding hydrogens is 406 g/mol. The van der Waals surface area contributed by atoms with Crippen LogP contribution in [-0.2, 0) is 0 Å². The molecule has 2 N–H and O–H groups in total. The number of aromatic nitrogens is 2. The van der Waals surface area contributed by atoms with E-state index in [0.717, 1.165) is 28.1 Å². The Labute approximate surface area is 187 Å². The summed E-state index contributed by atoms with van der Waals surface area (Å²) in [6, 6.07) is 15.7. The molecule has 6 heteroatoms. The Morgan fingerprint density at radius 2 is 1.94 bits per heavy atom. The number of hydrogen-bond donors (Lipinski definition) is 2. The summed E-state index contributed by atoms with van der Waals surface area (Å²) in [5.41, 5.74) is 5.81. The molecule has 2 heterocycles. The number of fused-ring (bicyclic) bond motifs is 1. The first-order chi connectivity index (χ1) is 15.0. The van der Waals surface area contributed by atoms with E-state index in [1.807, 2.05) is 48.5 Å². The van der Waals surface area contributed by atoms with Crippen LogP contribution in [0, 0.1) is 5.41 Å². The van der Waals surface area contributed by atoms with Crippen LogP contribution in [0.3, 0.4) is 0 Å². The van der Waals surface area contributed by atoms with Crippen molar-refractivity contribution in [3.8, 4) is 0 Å². The molecule has 2 aromatic carbocycles. The molecule has 0 saturated carbocycles. The molecule has 0 radical (unpaired) electrons. The largest absolute Gasteiger partial charge is 0.364 e. The summed E-state index contributed by atoms with van der Waals surface area (Å²) >= 11 is 6.47. The van der Waals surface area contributed by atoms with Gasteiger partial charge in [-0.05, 0) is 31.6 Å². The van der Waals surface area contributed by atoms with Crippen molar-refractivity contribution in [1.82, 2.24) is 14.9 Å². The first-order valence-corrected chi connectivity index (χ1v) is 10.5. The fourth-order valence-corrected chi connectivity index (χ4v) is 4.17. The van der Waals surface area contributed by atoms with Crippen molar-refractivity contribution in [2.45, 2.75) is 19.9 Å². The highest BCUT2D eigenvalue weighted by Gasteiger charge is 2.26. The fraction of sp³-hybridized carbons (Fsp3) is 0.160. The van der Waals surface area contributed by atoms with E-state index in [1.54, 1.807) is 6.20 Å². The molecule has 0 fully saturated rings. The number of hydrogen-bond acceptors (Lipinski definition) is 5. The summed E-state index contributed by atoms with van der Waals surface area (Å²) in [5.74, 6) is 0.621. The number of anilines is 1. The van der Waals surface area contributed by atoms with Crippen LogP contribution >= 0.6 is 11.6 Å². The van der Waals surface area contributed by atoms with Crippen LogP contribution in [-0.4, -0.2) is 33.2 Å². The molecule has 1 aliphatic heterocycles. The highest BCUT2D eigenvalue weighted by atomic mass is 35.5. The van der Waals surface area contributed by atoms with Crippen molar-refractivity contribution in [2.75, 3.05) is 11.9 Å². The zero-order chi connectivity index (χ0) is 22.0.